The van der Waals surface area contributed by atoms with Gasteiger partial charge in [-0.1, -0.05) is 6.92 Å². The third-order valence-corrected chi connectivity index (χ3v) is 2.39. The molecule has 1 aromatic rings. The van der Waals surface area contributed by atoms with Crippen molar-refractivity contribution in [1.82, 2.24) is 15.1 Å². The Balaban J connectivity index is 2.47. The maximum absolute atomic E-state index is 8.65. The lowest BCUT2D eigenvalue weighted by Crippen LogP contribution is -2.18. The fourth-order valence-electron chi connectivity index (χ4n) is 1.52. The van der Waals surface area contributed by atoms with Crippen molar-refractivity contribution >= 4 is 0 Å². The van der Waals surface area contributed by atoms with Gasteiger partial charge in [-0.2, -0.15) is 5.10 Å². The normalized spacial score (nSPS) is 10.9. The fourth-order valence-corrected chi connectivity index (χ4v) is 1.52. The second kappa shape index (κ2) is 6.58. The Kier molecular flexibility index (Phi) is 5.36. The second-order valence-electron chi connectivity index (χ2n) is 3.55. The van der Waals surface area contributed by atoms with Crippen molar-refractivity contribution in [1.29, 1.82) is 0 Å². The summed E-state index contributed by atoms with van der Waals surface area (Å²) in [6.45, 7) is 7.07. The van der Waals surface area contributed by atoms with Crippen molar-refractivity contribution in [3.05, 3.63) is 17.5 Å². The minimum atomic E-state index is 0.250. The molecule has 2 N–H and O–H groups in total. The summed E-state index contributed by atoms with van der Waals surface area (Å²) in [6.07, 6.45) is 1.79. The van der Waals surface area contributed by atoms with Crippen molar-refractivity contribution in [2.24, 2.45) is 0 Å². The van der Waals surface area contributed by atoms with Gasteiger partial charge in [0.25, 0.3) is 0 Å². The van der Waals surface area contributed by atoms with E-state index in [9.17, 15) is 0 Å². The standard InChI is InChI=1S/C11H21N3O/c1-3-10-8-11(14(4-2)13-10)9-12-6-5-7-15/h8,12,15H,3-7,9H2,1-2H3. The molecule has 0 unspecified atom stereocenters. The van der Waals surface area contributed by atoms with Crippen LogP contribution in [0.15, 0.2) is 6.07 Å². The van der Waals surface area contributed by atoms with E-state index < -0.39 is 0 Å². The number of hydrogen-bond donors (Lipinski definition) is 2. The van der Waals surface area contributed by atoms with Gasteiger partial charge in [0.15, 0.2) is 0 Å². The molecule has 0 saturated carbocycles. The van der Waals surface area contributed by atoms with E-state index in [0.29, 0.717) is 0 Å². The predicted molar refractivity (Wildman–Crippen MR) is 60.7 cm³/mol. The molecule has 1 rings (SSSR count). The van der Waals surface area contributed by atoms with Gasteiger partial charge in [-0.15, -0.1) is 0 Å². The number of nitrogens with one attached hydrogen (secondary N) is 1. The maximum atomic E-state index is 8.65. The van der Waals surface area contributed by atoms with Crippen LogP contribution in [0, 0.1) is 0 Å². The predicted octanol–water partition coefficient (Wildman–Crippen LogP) is 0.937. The number of aliphatic hydroxyl groups is 1. The molecule has 0 saturated heterocycles. The lowest BCUT2D eigenvalue weighted by Gasteiger charge is -2.05. The fraction of sp³-hybridized carbons (Fsp3) is 0.727. The summed E-state index contributed by atoms with van der Waals surface area (Å²) < 4.78 is 2.03. The van der Waals surface area contributed by atoms with Crippen LogP contribution >= 0.6 is 0 Å². The van der Waals surface area contributed by atoms with Gasteiger partial charge in [0, 0.05) is 19.7 Å². The van der Waals surface area contributed by atoms with Gasteiger partial charge in [0.2, 0.25) is 0 Å². The number of nitrogens with zero attached hydrogens (tertiary/aromatic N) is 2. The molecule has 0 aliphatic carbocycles. The van der Waals surface area contributed by atoms with Crippen LogP contribution in [0.3, 0.4) is 0 Å². The summed E-state index contributed by atoms with van der Waals surface area (Å²) in [7, 11) is 0. The summed E-state index contributed by atoms with van der Waals surface area (Å²) in [6, 6.07) is 2.15. The molecule has 0 atom stereocenters. The Morgan fingerprint density at radius 1 is 1.47 bits per heavy atom. The lowest BCUT2D eigenvalue weighted by molar-refractivity contribution is 0.285. The molecular weight excluding hydrogens is 190 g/mol. The van der Waals surface area contributed by atoms with Gasteiger partial charge in [-0.3, -0.25) is 4.68 Å². The van der Waals surface area contributed by atoms with Crippen molar-refractivity contribution in [3.8, 4) is 0 Å². The molecule has 0 aliphatic rings. The third kappa shape index (κ3) is 3.64. The zero-order chi connectivity index (χ0) is 11.1. The zero-order valence-corrected chi connectivity index (χ0v) is 9.66. The number of aryl methyl sites for hydroxylation is 2. The summed E-state index contributed by atoms with van der Waals surface area (Å²) >= 11 is 0. The van der Waals surface area contributed by atoms with Crippen molar-refractivity contribution in [2.45, 2.75) is 39.8 Å². The molecule has 0 fully saturated rings. The Labute approximate surface area is 91.3 Å². The molecular formula is C11H21N3O. The lowest BCUT2D eigenvalue weighted by atomic mass is 10.3. The molecule has 0 radical (unpaired) electrons. The third-order valence-electron chi connectivity index (χ3n) is 2.39. The highest BCUT2D eigenvalue weighted by Crippen LogP contribution is 2.05. The van der Waals surface area contributed by atoms with E-state index in [1.54, 1.807) is 0 Å². The summed E-state index contributed by atoms with van der Waals surface area (Å²) in [5, 5.41) is 16.4. The largest absolute Gasteiger partial charge is 0.396 e. The van der Waals surface area contributed by atoms with Crippen LogP contribution in [0.2, 0.25) is 0 Å². The van der Waals surface area contributed by atoms with Crippen molar-refractivity contribution < 1.29 is 5.11 Å². The van der Waals surface area contributed by atoms with Crippen LogP contribution in [-0.4, -0.2) is 28.0 Å². The molecule has 4 nitrogen and oxygen atoms in total. The molecule has 0 bridgehead atoms. The van der Waals surface area contributed by atoms with Crippen LogP contribution in [0.1, 0.15) is 31.7 Å². The Morgan fingerprint density at radius 2 is 2.27 bits per heavy atom. The van der Waals surface area contributed by atoms with E-state index in [-0.39, 0.29) is 6.61 Å². The number of aliphatic hydroxyl groups excluding tert-OH is 1. The summed E-state index contributed by atoms with van der Waals surface area (Å²) in [5.41, 5.74) is 2.38. The van der Waals surface area contributed by atoms with E-state index in [0.717, 1.165) is 38.2 Å². The minimum Gasteiger partial charge on any atom is -0.396 e. The average molecular weight is 211 g/mol. The number of hydrogen-bond acceptors (Lipinski definition) is 3. The van der Waals surface area contributed by atoms with Gasteiger partial charge in [0.05, 0.1) is 11.4 Å². The second-order valence-corrected chi connectivity index (χ2v) is 3.55. The van der Waals surface area contributed by atoms with E-state index in [1.165, 1.54) is 5.69 Å². The molecule has 0 aromatic carbocycles. The first-order valence-electron chi connectivity index (χ1n) is 5.69. The Hall–Kier alpha value is -0.870. The molecule has 4 heteroatoms. The van der Waals surface area contributed by atoms with Crippen molar-refractivity contribution in [3.63, 3.8) is 0 Å². The highest BCUT2D eigenvalue weighted by Gasteiger charge is 2.04. The van der Waals surface area contributed by atoms with Crippen LogP contribution in [0.5, 0.6) is 0 Å². The smallest absolute Gasteiger partial charge is 0.0625 e. The van der Waals surface area contributed by atoms with E-state index in [4.69, 9.17) is 5.11 Å². The van der Waals surface area contributed by atoms with Crippen LogP contribution in [0.25, 0.3) is 0 Å². The summed E-state index contributed by atoms with van der Waals surface area (Å²) in [4.78, 5) is 0. The molecule has 1 aromatic heterocycles. The molecule has 0 amide bonds. The average Bonchev–Trinajstić information content (AvgIpc) is 2.67. The molecule has 15 heavy (non-hydrogen) atoms. The number of rotatable bonds is 7. The first-order chi connectivity index (χ1) is 7.31. The maximum Gasteiger partial charge on any atom is 0.0625 e. The van der Waals surface area contributed by atoms with Gasteiger partial charge >= 0.3 is 0 Å². The van der Waals surface area contributed by atoms with Gasteiger partial charge < -0.3 is 10.4 Å². The molecule has 0 spiro atoms. The molecule has 86 valence electrons. The molecule has 0 aliphatic heterocycles. The van der Waals surface area contributed by atoms with E-state index >= 15 is 0 Å². The van der Waals surface area contributed by atoms with Crippen LogP contribution in [0.4, 0.5) is 0 Å². The first-order valence-corrected chi connectivity index (χ1v) is 5.69. The van der Waals surface area contributed by atoms with E-state index in [1.807, 2.05) is 4.68 Å². The van der Waals surface area contributed by atoms with Crippen LogP contribution in [-0.2, 0) is 19.5 Å². The SMILES string of the molecule is CCc1cc(CNCCCO)n(CC)n1. The molecule has 1 heterocycles. The number of aromatic nitrogens is 2. The highest BCUT2D eigenvalue weighted by atomic mass is 16.3. The van der Waals surface area contributed by atoms with Crippen molar-refractivity contribution in [2.75, 3.05) is 13.2 Å². The quantitative estimate of drug-likeness (QED) is 0.660. The van der Waals surface area contributed by atoms with Gasteiger partial charge in [-0.25, -0.2) is 0 Å². The first kappa shape index (κ1) is 12.2. The minimum absolute atomic E-state index is 0.250. The topological polar surface area (TPSA) is 50.1 Å². The van der Waals surface area contributed by atoms with E-state index in [2.05, 4.69) is 30.3 Å². The monoisotopic (exact) mass is 211 g/mol. The highest BCUT2D eigenvalue weighted by molar-refractivity contribution is 5.10. The van der Waals surface area contributed by atoms with Gasteiger partial charge in [0.1, 0.15) is 0 Å². The zero-order valence-electron chi connectivity index (χ0n) is 9.66. The van der Waals surface area contributed by atoms with Gasteiger partial charge in [-0.05, 0) is 32.4 Å². The Morgan fingerprint density at radius 3 is 2.87 bits per heavy atom. The Bertz CT molecular complexity index is 283. The van der Waals surface area contributed by atoms with Crippen LogP contribution < -0.4 is 5.32 Å². The summed E-state index contributed by atoms with van der Waals surface area (Å²) in [5.74, 6) is 0.